The molecule has 1 saturated carbocycles. The molecule has 0 aromatic heterocycles. The Morgan fingerprint density at radius 1 is 0.625 bits per heavy atom. The molecule has 2 aliphatic carbocycles. The average Bonchev–Trinajstić information content (AvgIpc) is 3.32. The Bertz CT molecular complexity index is 1370. The molecule has 214 valence electrons. The van der Waals surface area contributed by atoms with Crippen LogP contribution in [-0.4, -0.2) is 0 Å². The second-order valence-electron chi connectivity index (χ2n) is 11.9. The first-order chi connectivity index (χ1) is 19.3. The average molecular weight is 555 g/mol. The largest absolute Gasteiger partial charge is 0.206 e. The third-order valence-corrected chi connectivity index (χ3v) is 9.15. The number of unbranched alkanes of at least 4 members (excludes halogenated alkanes) is 2. The smallest absolute Gasteiger partial charge is 0.167 e. The molecule has 0 bridgehead atoms. The predicted molar refractivity (Wildman–Crippen MR) is 152 cm³/mol. The molecule has 1 fully saturated rings. The van der Waals surface area contributed by atoms with Crippen molar-refractivity contribution < 1.29 is 22.0 Å². The molecular formula is C35H39F5. The van der Waals surface area contributed by atoms with E-state index in [9.17, 15) is 8.78 Å². The molecule has 0 saturated heterocycles. The summed E-state index contributed by atoms with van der Waals surface area (Å²) in [5.74, 6) is -3.77. The number of fused-ring (bicyclic) bond motifs is 3. The summed E-state index contributed by atoms with van der Waals surface area (Å²) < 4.78 is 75.5. The van der Waals surface area contributed by atoms with Gasteiger partial charge in [0.05, 0.1) is 0 Å². The van der Waals surface area contributed by atoms with Gasteiger partial charge in [0.15, 0.2) is 23.3 Å². The van der Waals surface area contributed by atoms with Crippen molar-refractivity contribution in [3.63, 3.8) is 0 Å². The minimum absolute atomic E-state index is 0.0233. The van der Waals surface area contributed by atoms with E-state index in [2.05, 4.69) is 6.92 Å². The molecule has 40 heavy (non-hydrogen) atoms. The molecule has 0 aliphatic heterocycles. The van der Waals surface area contributed by atoms with Crippen LogP contribution in [0.2, 0.25) is 0 Å². The van der Waals surface area contributed by atoms with Gasteiger partial charge in [0.25, 0.3) is 0 Å². The van der Waals surface area contributed by atoms with Gasteiger partial charge >= 0.3 is 0 Å². The van der Waals surface area contributed by atoms with Gasteiger partial charge in [-0.3, -0.25) is 0 Å². The Balaban J connectivity index is 1.31. The molecule has 3 aromatic carbocycles. The number of benzene rings is 3. The van der Waals surface area contributed by atoms with E-state index in [1.807, 2.05) is 6.92 Å². The van der Waals surface area contributed by atoms with Crippen molar-refractivity contribution in [3.05, 3.63) is 81.7 Å². The Hall–Kier alpha value is -2.69. The minimum Gasteiger partial charge on any atom is -0.206 e. The Morgan fingerprint density at radius 2 is 1.27 bits per heavy atom. The van der Waals surface area contributed by atoms with E-state index in [1.54, 1.807) is 12.1 Å². The molecular weight excluding hydrogens is 515 g/mol. The summed E-state index contributed by atoms with van der Waals surface area (Å²) in [5.41, 5.74) is 1.15. The predicted octanol–water partition coefficient (Wildman–Crippen LogP) is 10.9. The summed E-state index contributed by atoms with van der Waals surface area (Å²) in [4.78, 5) is 0. The normalized spacial score (nSPS) is 18.2. The SMILES string of the molecule is CCCCCC1CCC(CCc2ccc(-c3cc4c(c(F)c3F)-c3c(cc(CCC)c(F)c3F)C4)c(F)c2)CC1. The fraction of sp³-hybridized carbons (Fsp3) is 0.486. The van der Waals surface area contributed by atoms with Gasteiger partial charge in [0.1, 0.15) is 5.82 Å². The summed E-state index contributed by atoms with van der Waals surface area (Å²) in [6.07, 6.45) is 13.1. The van der Waals surface area contributed by atoms with Gasteiger partial charge < -0.3 is 0 Å². The first kappa shape index (κ1) is 28.8. The van der Waals surface area contributed by atoms with Crippen LogP contribution in [0.1, 0.15) is 100 Å². The lowest BCUT2D eigenvalue weighted by Gasteiger charge is -2.28. The second-order valence-corrected chi connectivity index (χ2v) is 11.9. The zero-order valence-corrected chi connectivity index (χ0v) is 23.6. The summed E-state index contributed by atoms with van der Waals surface area (Å²) >= 11 is 0. The summed E-state index contributed by atoms with van der Waals surface area (Å²) in [6, 6.07) is 7.67. The zero-order chi connectivity index (χ0) is 28.4. The van der Waals surface area contributed by atoms with Crippen LogP contribution in [0.3, 0.4) is 0 Å². The van der Waals surface area contributed by atoms with Crippen LogP contribution in [0.5, 0.6) is 0 Å². The van der Waals surface area contributed by atoms with Gasteiger partial charge in [-0.05, 0) is 71.9 Å². The van der Waals surface area contributed by atoms with Crippen molar-refractivity contribution in [2.75, 3.05) is 0 Å². The van der Waals surface area contributed by atoms with E-state index in [1.165, 1.54) is 69.6 Å². The lowest BCUT2D eigenvalue weighted by atomic mass is 9.77. The van der Waals surface area contributed by atoms with Crippen LogP contribution >= 0.6 is 0 Å². The number of hydrogen-bond donors (Lipinski definition) is 0. The van der Waals surface area contributed by atoms with Crippen LogP contribution < -0.4 is 0 Å². The first-order valence-electron chi connectivity index (χ1n) is 15.1. The summed E-state index contributed by atoms with van der Waals surface area (Å²) in [6.45, 7) is 4.10. The second kappa shape index (κ2) is 12.4. The first-order valence-corrected chi connectivity index (χ1v) is 15.1. The lowest BCUT2D eigenvalue weighted by Crippen LogP contribution is -2.15. The fourth-order valence-corrected chi connectivity index (χ4v) is 6.88. The number of halogens is 5. The van der Waals surface area contributed by atoms with E-state index in [0.29, 0.717) is 29.9 Å². The van der Waals surface area contributed by atoms with E-state index in [-0.39, 0.29) is 34.2 Å². The van der Waals surface area contributed by atoms with Gasteiger partial charge in [0, 0.05) is 22.3 Å². The maximum absolute atomic E-state index is 15.4. The van der Waals surface area contributed by atoms with Crippen molar-refractivity contribution in [1.82, 2.24) is 0 Å². The van der Waals surface area contributed by atoms with E-state index in [0.717, 1.165) is 24.3 Å². The van der Waals surface area contributed by atoms with Crippen LogP contribution in [0.25, 0.3) is 22.3 Å². The molecule has 2 aliphatic rings. The molecule has 5 rings (SSSR count). The van der Waals surface area contributed by atoms with E-state index >= 15 is 13.2 Å². The van der Waals surface area contributed by atoms with Gasteiger partial charge in [-0.1, -0.05) is 89.8 Å². The topological polar surface area (TPSA) is 0 Å². The third kappa shape index (κ3) is 5.71. The minimum atomic E-state index is -1.26. The van der Waals surface area contributed by atoms with Crippen molar-refractivity contribution in [1.29, 1.82) is 0 Å². The van der Waals surface area contributed by atoms with Gasteiger partial charge in [-0.15, -0.1) is 0 Å². The van der Waals surface area contributed by atoms with Crippen LogP contribution in [0.4, 0.5) is 22.0 Å². The highest BCUT2D eigenvalue weighted by atomic mass is 19.2. The molecule has 3 aromatic rings. The lowest BCUT2D eigenvalue weighted by molar-refractivity contribution is 0.249. The highest BCUT2D eigenvalue weighted by molar-refractivity contribution is 5.82. The molecule has 0 amide bonds. The zero-order valence-electron chi connectivity index (χ0n) is 23.6. The van der Waals surface area contributed by atoms with E-state index in [4.69, 9.17) is 0 Å². The maximum Gasteiger partial charge on any atom is 0.167 e. The molecule has 0 N–H and O–H groups in total. The van der Waals surface area contributed by atoms with Crippen molar-refractivity contribution in [3.8, 4) is 22.3 Å². The molecule has 0 unspecified atom stereocenters. The van der Waals surface area contributed by atoms with Gasteiger partial charge in [-0.2, -0.15) is 0 Å². The molecule has 0 atom stereocenters. The van der Waals surface area contributed by atoms with Gasteiger partial charge in [0.2, 0.25) is 0 Å². The number of aryl methyl sites for hydroxylation is 2. The van der Waals surface area contributed by atoms with Crippen LogP contribution in [0.15, 0.2) is 30.3 Å². The summed E-state index contributed by atoms with van der Waals surface area (Å²) in [5, 5.41) is 0. The monoisotopic (exact) mass is 554 g/mol. The summed E-state index contributed by atoms with van der Waals surface area (Å²) in [7, 11) is 0. The van der Waals surface area contributed by atoms with Crippen molar-refractivity contribution in [2.45, 2.75) is 97.3 Å². The highest BCUT2D eigenvalue weighted by Crippen LogP contribution is 2.45. The van der Waals surface area contributed by atoms with Crippen molar-refractivity contribution >= 4 is 0 Å². The Labute approximate surface area is 235 Å². The Kier molecular flexibility index (Phi) is 8.97. The van der Waals surface area contributed by atoms with Crippen LogP contribution in [-0.2, 0) is 19.3 Å². The number of rotatable bonds is 10. The maximum atomic E-state index is 15.4. The van der Waals surface area contributed by atoms with Gasteiger partial charge in [-0.25, -0.2) is 22.0 Å². The fourth-order valence-electron chi connectivity index (χ4n) is 6.88. The van der Waals surface area contributed by atoms with Crippen LogP contribution in [0, 0.1) is 40.9 Å². The molecule has 0 radical (unpaired) electrons. The third-order valence-electron chi connectivity index (χ3n) is 9.15. The molecule has 0 heterocycles. The number of hydrogen-bond acceptors (Lipinski definition) is 0. The van der Waals surface area contributed by atoms with Crippen molar-refractivity contribution in [2.24, 2.45) is 11.8 Å². The molecule has 0 nitrogen and oxygen atoms in total. The molecule has 0 spiro atoms. The Morgan fingerprint density at radius 3 is 1.93 bits per heavy atom. The molecule has 5 heteroatoms. The highest BCUT2D eigenvalue weighted by Gasteiger charge is 2.32. The quantitative estimate of drug-likeness (QED) is 0.135. The van der Waals surface area contributed by atoms with E-state index < -0.39 is 29.1 Å². The standard InChI is InChI=1S/C35H39F5/c1-3-5-6-8-21-9-11-22(12-10-21)13-14-23-15-16-27(29(36)17-23)28-20-26-19-25-18-24(7-4-2)32(37)34(39)30(25)31(26)35(40)33(28)38/h15-18,20-22H,3-14,19H2,1-2H3.